The Morgan fingerprint density at radius 1 is 1.12 bits per heavy atom. The number of hydrogen-bond donors (Lipinski definition) is 0. The zero-order valence-electron chi connectivity index (χ0n) is 9.74. The summed E-state index contributed by atoms with van der Waals surface area (Å²) in [6.45, 7) is 3.38. The summed E-state index contributed by atoms with van der Waals surface area (Å²) in [7, 11) is 0. The first-order valence-corrected chi connectivity index (χ1v) is 6.16. The van der Waals surface area contributed by atoms with Gasteiger partial charge in [0.2, 0.25) is 0 Å². The third-order valence-corrected chi connectivity index (χ3v) is 3.43. The van der Waals surface area contributed by atoms with Crippen LogP contribution in [0.4, 0.5) is 0 Å². The maximum atomic E-state index is 2.44. The Balaban J connectivity index is 2.12. The molecule has 0 saturated carbocycles. The van der Waals surface area contributed by atoms with Crippen molar-refractivity contribution >= 4 is 0 Å². The molecule has 1 aliphatic rings. The Labute approximate surface area is 96.7 Å². The first-order valence-electron chi connectivity index (χ1n) is 6.16. The second-order valence-electron chi connectivity index (χ2n) is 4.54. The Morgan fingerprint density at radius 3 is 2.56 bits per heavy atom. The number of rotatable bonds is 3. The molecule has 0 radical (unpaired) electrons. The van der Waals surface area contributed by atoms with Gasteiger partial charge in [-0.1, -0.05) is 37.3 Å². The molecule has 1 heteroatoms. The lowest BCUT2D eigenvalue weighted by Crippen LogP contribution is -2.05. The average Bonchev–Trinajstić information content (AvgIpc) is 2.54. The molecule has 0 unspecified atom stereocenters. The normalized spacial score (nSPS) is 13.3. The molecule has 1 aromatic carbocycles. The van der Waals surface area contributed by atoms with E-state index in [0.29, 0.717) is 0 Å². The van der Waals surface area contributed by atoms with E-state index in [0.717, 1.165) is 6.54 Å². The summed E-state index contributed by atoms with van der Waals surface area (Å²) in [5.41, 5.74) is 5.98. The predicted octanol–water partition coefficient (Wildman–Crippen LogP) is 3.66. The minimum absolute atomic E-state index is 1.14. The van der Waals surface area contributed by atoms with E-state index in [1.807, 2.05) is 0 Å². The fraction of sp³-hybridized carbons (Fsp3) is 0.333. The standard InChI is InChI=1S/C15H17N/c1-2-10-16-11-13-8-9-14(13)15(16)12-6-4-3-5-7-12/h3-7,11H,2,8-10H2,1H3. The first kappa shape index (κ1) is 9.71. The number of fused-ring (bicyclic) bond motifs is 1. The van der Waals surface area contributed by atoms with Crippen molar-refractivity contribution in [3.8, 4) is 11.3 Å². The highest BCUT2D eigenvalue weighted by atomic mass is 15.0. The van der Waals surface area contributed by atoms with Crippen LogP contribution in [0.5, 0.6) is 0 Å². The summed E-state index contributed by atoms with van der Waals surface area (Å²) >= 11 is 0. The topological polar surface area (TPSA) is 4.93 Å². The largest absolute Gasteiger partial charge is 0.347 e. The molecule has 0 aliphatic heterocycles. The summed E-state index contributed by atoms with van der Waals surface area (Å²) in [6, 6.07) is 10.8. The van der Waals surface area contributed by atoms with E-state index in [9.17, 15) is 0 Å². The van der Waals surface area contributed by atoms with Gasteiger partial charge in [0.25, 0.3) is 0 Å². The van der Waals surface area contributed by atoms with Gasteiger partial charge < -0.3 is 4.57 Å². The molecule has 0 saturated heterocycles. The highest BCUT2D eigenvalue weighted by molar-refractivity contribution is 5.68. The Hall–Kier alpha value is -1.50. The molecule has 0 fully saturated rings. The fourth-order valence-corrected chi connectivity index (χ4v) is 2.59. The van der Waals surface area contributed by atoms with Gasteiger partial charge in [-0.2, -0.15) is 0 Å². The van der Waals surface area contributed by atoms with Crippen molar-refractivity contribution in [2.45, 2.75) is 32.7 Å². The lowest BCUT2D eigenvalue weighted by atomic mass is 9.89. The minimum atomic E-state index is 1.14. The zero-order chi connectivity index (χ0) is 11.0. The van der Waals surface area contributed by atoms with Gasteiger partial charge in [-0.05, 0) is 36.0 Å². The van der Waals surface area contributed by atoms with Gasteiger partial charge in [-0.3, -0.25) is 0 Å². The molecule has 0 bridgehead atoms. The molecule has 16 heavy (non-hydrogen) atoms. The minimum Gasteiger partial charge on any atom is -0.347 e. The van der Waals surface area contributed by atoms with Gasteiger partial charge >= 0.3 is 0 Å². The van der Waals surface area contributed by atoms with Crippen molar-refractivity contribution in [2.75, 3.05) is 0 Å². The van der Waals surface area contributed by atoms with Crippen LogP contribution in [0.1, 0.15) is 24.5 Å². The first-order chi connectivity index (χ1) is 7.90. The predicted molar refractivity (Wildman–Crippen MR) is 67.6 cm³/mol. The molecule has 2 aromatic rings. The Kier molecular flexibility index (Phi) is 2.32. The number of aromatic nitrogens is 1. The van der Waals surface area contributed by atoms with E-state index >= 15 is 0 Å². The number of aryl methyl sites for hydroxylation is 2. The van der Waals surface area contributed by atoms with Crippen molar-refractivity contribution in [3.63, 3.8) is 0 Å². The molecular formula is C15H17N. The molecule has 0 N–H and O–H groups in total. The molecular weight excluding hydrogens is 194 g/mol. The molecule has 82 valence electrons. The monoisotopic (exact) mass is 211 g/mol. The summed E-state index contributed by atoms with van der Waals surface area (Å²) in [4.78, 5) is 0. The molecule has 1 nitrogen and oxygen atoms in total. The van der Waals surface area contributed by atoms with E-state index in [2.05, 4.69) is 48.0 Å². The third kappa shape index (κ3) is 1.39. The van der Waals surface area contributed by atoms with Crippen LogP contribution in [0, 0.1) is 0 Å². The van der Waals surface area contributed by atoms with Gasteiger partial charge in [0.05, 0.1) is 5.69 Å². The van der Waals surface area contributed by atoms with Crippen molar-refractivity contribution in [2.24, 2.45) is 0 Å². The van der Waals surface area contributed by atoms with Gasteiger partial charge in [0.15, 0.2) is 0 Å². The molecule has 0 atom stereocenters. The Morgan fingerprint density at radius 2 is 1.94 bits per heavy atom. The molecule has 0 spiro atoms. The second-order valence-corrected chi connectivity index (χ2v) is 4.54. The van der Waals surface area contributed by atoms with Crippen LogP contribution < -0.4 is 0 Å². The zero-order valence-corrected chi connectivity index (χ0v) is 9.74. The van der Waals surface area contributed by atoms with Gasteiger partial charge in [0.1, 0.15) is 0 Å². The van der Waals surface area contributed by atoms with Crippen LogP contribution in [0.2, 0.25) is 0 Å². The third-order valence-electron chi connectivity index (χ3n) is 3.43. The summed E-state index contributed by atoms with van der Waals surface area (Å²) in [6.07, 6.45) is 6.08. The lowest BCUT2D eigenvalue weighted by Gasteiger charge is -2.15. The molecule has 1 aliphatic carbocycles. The number of nitrogens with zero attached hydrogens (tertiary/aromatic N) is 1. The van der Waals surface area contributed by atoms with Crippen molar-refractivity contribution in [1.82, 2.24) is 4.57 Å². The number of hydrogen-bond acceptors (Lipinski definition) is 0. The molecule has 0 amide bonds. The van der Waals surface area contributed by atoms with Gasteiger partial charge in [0, 0.05) is 12.7 Å². The van der Waals surface area contributed by atoms with E-state index in [1.165, 1.54) is 30.5 Å². The van der Waals surface area contributed by atoms with Crippen LogP contribution in [-0.4, -0.2) is 4.57 Å². The molecule has 1 heterocycles. The fourth-order valence-electron chi connectivity index (χ4n) is 2.59. The van der Waals surface area contributed by atoms with Crippen molar-refractivity contribution in [1.29, 1.82) is 0 Å². The second kappa shape index (κ2) is 3.82. The van der Waals surface area contributed by atoms with Crippen LogP contribution >= 0.6 is 0 Å². The Bertz CT molecular complexity index is 494. The molecule has 1 aromatic heterocycles. The van der Waals surface area contributed by atoms with E-state index in [1.54, 1.807) is 11.1 Å². The maximum Gasteiger partial charge on any atom is 0.0515 e. The van der Waals surface area contributed by atoms with Crippen molar-refractivity contribution in [3.05, 3.63) is 47.7 Å². The summed E-state index contributed by atoms with van der Waals surface area (Å²) < 4.78 is 2.44. The summed E-state index contributed by atoms with van der Waals surface area (Å²) in [5.74, 6) is 0. The van der Waals surface area contributed by atoms with E-state index in [4.69, 9.17) is 0 Å². The van der Waals surface area contributed by atoms with Gasteiger partial charge in [-0.25, -0.2) is 0 Å². The van der Waals surface area contributed by atoms with Crippen LogP contribution in [0.15, 0.2) is 36.5 Å². The average molecular weight is 211 g/mol. The van der Waals surface area contributed by atoms with E-state index < -0.39 is 0 Å². The van der Waals surface area contributed by atoms with Crippen LogP contribution in [-0.2, 0) is 19.4 Å². The SMILES string of the molecule is CCCn1cc2c(c1-c1ccccc1)CC2. The van der Waals surface area contributed by atoms with E-state index in [-0.39, 0.29) is 0 Å². The van der Waals surface area contributed by atoms with Gasteiger partial charge in [-0.15, -0.1) is 0 Å². The highest BCUT2D eigenvalue weighted by Gasteiger charge is 2.22. The van der Waals surface area contributed by atoms with Crippen LogP contribution in [0.25, 0.3) is 11.3 Å². The van der Waals surface area contributed by atoms with Crippen LogP contribution in [0.3, 0.4) is 0 Å². The van der Waals surface area contributed by atoms with Crippen molar-refractivity contribution < 1.29 is 0 Å². The smallest absolute Gasteiger partial charge is 0.0515 e. The lowest BCUT2D eigenvalue weighted by molar-refractivity contribution is 0.688. The maximum absolute atomic E-state index is 2.44. The molecule has 3 rings (SSSR count). The quantitative estimate of drug-likeness (QED) is 0.730. The summed E-state index contributed by atoms with van der Waals surface area (Å²) in [5, 5.41) is 0. The number of benzene rings is 1. The highest BCUT2D eigenvalue weighted by Crippen LogP contribution is 2.35.